The number of aliphatic hydroxyl groups excluding tert-OH is 1. The highest BCUT2D eigenvalue weighted by Crippen LogP contribution is 2.32. The molecule has 1 aliphatic carbocycles. The number of hydrogen-bond acceptors (Lipinski definition) is 3. The van der Waals surface area contributed by atoms with E-state index in [1.807, 2.05) is 0 Å². The Kier molecular flexibility index (Phi) is 4.39. The second kappa shape index (κ2) is 6.05. The molecule has 0 aromatic heterocycles. The van der Waals surface area contributed by atoms with Crippen molar-refractivity contribution in [3.8, 4) is 0 Å². The maximum absolute atomic E-state index is 12.0. The van der Waals surface area contributed by atoms with Gasteiger partial charge in [0.25, 0.3) is 0 Å². The van der Waals surface area contributed by atoms with Gasteiger partial charge in [0.15, 0.2) is 5.78 Å². The van der Waals surface area contributed by atoms with Gasteiger partial charge in [0.2, 0.25) is 0 Å². The maximum atomic E-state index is 12.0. The standard InChI is InChI=1S/C15H20N2O3/c1-10(18)12-4-3-5-13(8-12)16-15(20)17(2)9-14(19)11-6-7-11/h3-5,8,11,14,19H,6-7,9H2,1-2H3,(H,16,20). The number of rotatable bonds is 5. The van der Waals surface area contributed by atoms with Crippen molar-refractivity contribution in [3.63, 3.8) is 0 Å². The summed E-state index contributed by atoms with van der Waals surface area (Å²) in [4.78, 5) is 24.7. The summed E-state index contributed by atoms with van der Waals surface area (Å²) >= 11 is 0. The minimum absolute atomic E-state index is 0.0430. The number of nitrogens with zero attached hydrogens (tertiary/aromatic N) is 1. The fourth-order valence-electron chi connectivity index (χ4n) is 2.03. The average Bonchev–Trinajstić information content (AvgIpc) is 3.23. The van der Waals surface area contributed by atoms with Gasteiger partial charge in [0.05, 0.1) is 6.10 Å². The van der Waals surface area contributed by atoms with Crippen molar-refractivity contribution in [2.75, 3.05) is 18.9 Å². The number of ketones is 1. The largest absolute Gasteiger partial charge is 0.391 e. The minimum atomic E-state index is -0.450. The molecule has 1 aromatic rings. The average molecular weight is 276 g/mol. The smallest absolute Gasteiger partial charge is 0.321 e. The molecule has 5 nitrogen and oxygen atoms in total. The van der Waals surface area contributed by atoms with Crippen LogP contribution in [0.25, 0.3) is 0 Å². The first-order valence-corrected chi connectivity index (χ1v) is 6.78. The van der Waals surface area contributed by atoms with Crippen molar-refractivity contribution in [3.05, 3.63) is 29.8 Å². The monoisotopic (exact) mass is 276 g/mol. The molecule has 2 rings (SSSR count). The molecule has 2 N–H and O–H groups in total. The van der Waals surface area contributed by atoms with Gasteiger partial charge in [-0.2, -0.15) is 0 Å². The van der Waals surface area contributed by atoms with E-state index in [1.165, 1.54) is 11.8 Å². The van der Waals surface area contributed by atoms with E-state index in [9.17, 15) is 14.7 Å². The molecule has 1 aromatic carbocycles. The first-order chi connectivity index (χ1) is 9.47. The van der Waals surface area contributed by atoms with Gasteiger partial charge in [-0.25, -0.2) is 4.79 Å². The number of benzene rings is 1. The zero-order valence-electron chi connectivity index (χ0n) is 11.8. The van der Waals surface area contributed by atoms with E-state index < -0.39 is 6.10 Å². The molecular formula is C15H20N2O3. The molecule has 1 saturated carbocycles. The van der Waals surface area contributed by atoms with Crippen LogP contribution in [0.4, 0.5) is 10.5 Å². The van der Waals surface area contributed by atoms with Crippen LogP contribution in [0.1, 0.15) is 30.1 Å². The fourth-order valence-corrected chi connectivity index (χ4v) is 2.03. The first-order valence-electron chi connectivity index (χ1n) is 6.78. The van der Waals surface area contributed by atoms with Crippen molar-refractivity contribution < 1.29 is 14.7 Å². The summed E-state index contributed by atoms with van der Waals surface area (Å²) in [5.74, 6) is 0.296. The molecule has 108 valence electrons. The number of hydrogen-bond donors (Lipinski definition) is 2. The molecule has 20 heavy (non-hydrogen) atoms. The second-order valence-corrected chi connectivity index (χ2v) is 5.35. The number of anilines is 1. The zero-order chi connectivity index (χ0) is 14.7. The lowest BCUT2D eigenvalue weighted by atomic mass is 10.1. The van der Waals surface area contributed by atoms with E-state index in [2.05, 4.69) is 5.32 Å². The highest BCUT2D eigenvalue weighted by Gasteiger charge is 2.31. The van der Waals surface area contributed by atoms with Gasteiger partial charge in [-0.05, 0) is 37.8 Å². The van der Waals surface area contributed by atoms with Crippen molar-refractivity contribution in [1.82, 2.24) is 4.90 Å². The third kappa shape index (κ3) is 3.81. The summed E-state index contributed by atoms with van der Waals surface area (Å²) in [5.41, 5.74) is 1.14. The van der Waals surface area contributed by atoms with Gasteiger partial charge in [-0.1, -0.05) is 12.1 Å². The van der Waals surface area contributed by atoms with Crippen molar-refractivity contribution in [1.29, 1.82) is 0 Å². The predicted molar refractivity (Wildman–Crippen MR) is 76.8 cm³/mol. The van der Waals surface area contributed by atoms with E-state index in [4.69, 9.17) is 0 Å². The zero-order valence-corrected chi connectivity index (χ0v) is 11.8. The van der Waals surface area contributed by atoms with Gasteiger partial charge in [0.1, 0.15) is 0 Å². The van der Waals surface area contributed by atoms with Gasteiger partial charge >= 0.3 is 6.03 Å². The lowest BCUT2D eigenvalue weighted by molar-refractivity contribution is 0.101. The van der Waals surface area contributed by atoms with Gasteiger partial charge in [-0.3, -0.25) is 4.79 Å². The van der Waals surface area contributed by atoms with Crippen LogP contribution in [0.3, 0.4) is 0 Å². The van der Waals surface area contributed by atoms with Crippen LogP contribution >= 0.6 is 0 Å². The molecule has 1 atom stereocenters. The molecule has 0 heterocycles. The molecular weight excluding hydrogens is 256 g/mol. The Morgan fingerprint density at radius 2 is 2.15 bits per heavy atom. The van der Waals surface area contributed by atoms with E-state index in [-0.39, 0.29) is 11.8 Å². The second-order valence-electron chi connectivity index (χ2n) is 5.35. The molecule has 0 radical (unpaired) electrons. The molecule has 0 aliphatic heterocycles. The quantitative estimate of drug-likeness (QED) is 0.809. The van der Waals surface area contributed by atoms with Crippen molar-refractivity contribution in [2.24, 2.45) is 5.92 Å². The van der Waals surface area contributed by atoms with Crippen LogP contribution in [0.15, 0.2) is 24.3 Å². The number of Topliss-reactive ketones (excluding diaryl/α,β-unsaturated/α-hetero) is 1. The van der Waals surface area contributed by atoms with Crippen molar-refractivity contribution in [2.45, 2.75) is 25.9 Å². The lowest BCUT2D eigenvalue weighted by Gasteiger charge is -2.21. The number of carbonyl (C=O) groups excluding carboxylic acids is 2. The summed E-state index contributed by atoms with van der Waals surface area (Å²) in [6.07, 6.45) is 1.63. The maximum Gasteiger partial charge on any atom is 0.321 e. The third-order valence-corrected chi connectivity index (χ3v) is 3.49. The number of amides is 2. The minimum Gasteiger partial charge on any atom is -0.391 e. The number of aliphatic hydroxyl groups is 1. The normalized spacial score (nSPS) is 15.6. The molecule has 0 bridgehead atoms. The van der Waals surface area contributed by atoms with Crippen LogP contribution in [-0.2, 0) is 0 Å². The van der Waals surface area contributed by atoms with E-state index >= 15 is 0 Å². The highest BCUT2D eigenvalue weighted by atomic mass is 16.3. The van der Waals surface area contributed by atoms with Crippen molar-refractivity contribution >= 4 is 17.5 Å². The van der Waals surface area contributed by atoms with Gasteiger partial charge < -0.3 is 15.3 Å². The fraction of sp³-hybridized carbons (Fsp3) is 0.467. The number of nitrogens with one attached hydrogen (secondary N) is 1. The number of likely N-dealkylation sites (N-methyl/N-ethyl adjacent to an activating group) is 1. The third-order valence-electron chi connectivity index (χ3n) is 3.49. The van der Waals surface area contributed by atoms with Gasteiger partial charge in [0, 0.05) is 24.8 Å². The number of urea groups is 1. The Hall–Kier alpha value is -1.88. The summed E-state index contributed by atoms with van der Waals surface area (Å²) < 4.78 is 0. The van der Waals surface area contributed by atoms with Crippen LogP contribution in [0.2, 0.25) is 0 Å². The van der Waals surface area contributed by atoms with Crippen LogP contribution in [-0.4, -0.2) is 41.5 Å². The highest BCUT2D eigenvalue weighted by molar-refractivity contribution is 5.96. The Balaban J connectivity index is 1.92. The molecule has 0 saturated heterocycles. The Morgan fingerprint density at radius 3 is 2.75 bits per heavy atom. The van der Waals surface area contributed by atoms with Crippen LogP contribution in [0, 0.1) is 5.92 Å². The Labute approximate surface area is 118 Å². The molecule has 1 unspecified atom stereocenters. The topological polar surface area (TPSA) is 69.6 Å². The lowest BCUT2D eigenvalue weighted by Crippen LogP contribution is -2.38. The molecule has 2 amide bonds. The molecule has 1 aliphatic rings. The van der Waals surface area contributed by atoms with Crippen LogP contribution in [0.5, 0.6) is 0 Å². The van der Waals surface area contributed by atoms with E-state index in [0.717, 1.165) is 12.8 Å². The van der Waals surface area contributed by atoms with Crippen LogP contribution < -0.4 is 5.32 Å². The van der Waals surface area contributed by atoms with Gasteiger partial charge in [-0.15, -0.1) is 0 Å². The first kappa shape index (κ1) is 14.5. The molecule has 1 fully saturated rings. The SMILES string of the molecule is CC(=O)c1cccc(NC(=O)N(C)CC(O)C2CC2)c1. The summed E-state index contributed by atoms with van der Waals surface area (Å²) in [5, 5.41) is 12.6. The Morgan fingerprint density at radius 1 is 1.45 bits per heavy atom. The molecule has 5 heteroatoms. The summed E-state index contributed by atoms with van der Waals surface area (Å²) in [7, 11) is 1.65. The van der Waals surface area contributed by atoms with E-state index in [1.54, 1.807) is 31.3 Å². The molecule has 0 spiro atoms. The summed E-state index contributed by atoms with van der Waals surface area (Å²) in [6.45, 7) is 1.81. The Bertz CT molecular complexity index is 512. The number of carbonyl (C=O) groups is 2. The predicted octanol–water partition coefficient (Wildman–Crippen LogP) is 2.12. The van der Waals surface area contributed by atoms with E-state index in [0.29, 0.717) is 23.7 Å². The summed E-state index contributed by atoms with van der Waals surface area (Å²) in [6, 6.07) is 6.52.